The molecule has 0 atom stereocenters. The second-order valence-electron chi connectivity index (χ2n) is 2.82. The molecule has 0 saturated carbocycles. The SMILES string of the molecule is O=C([O-])CC(O)(CC(=O)[O-])C(=O)[O-].O=S(=O)([O-])[O-].[Fe+5]. The van der Waals surface area contributed by atoms with E-state index in [2.05, 4.69) is 0 Å². The summed E-state index contributed by atoms with van der Waals surface area (Å²) in [5.74, 6) is -5.98. The van der Waals surface area contributed by atoms with Gasteiger partial charge in [-0.1, -0.05) is 0 Å². The third kappa shape index (κ3) is 16.8. The van der Waals surface area contributed by atoms with Gasteiger partial charge < -0.3 is 43.9 Å². The normalized spacial score (nSPS) is 10.5. The first-order valence-corrected chi connectivity index (χ1v) is 5.11. The van der Waals surface area contributed by atoms with Crippen LogP contribution < -0.4 is 15.3 Å². The van der Waals surface area contributed by atoms with Gasteiger partial charge >= 0.3 is 17.1 Å². The molecular formula is C6H5FeO11S. The molecule has 0 aliphatic heterocycles. The molecule has 13 heteroatoms. The molecule has 0 aromatic carbocycles. The summed E-state index contributed by atoms with van der Waals surface area (Å²) in [6.45, 7) is 0. The molecule has 19 heavy (non-hydrogen) atoms. The van der Waals surface area contributed by atoms with Gasteiger partial charge in [-0.3, -0.25) is 8.42 Å². The zero-order valence-electron chi connectivity index (χ0n) is 8.71. The van der Waals surface area contributed by atoms with Crippen molar-refractivity contribution in [1.82, 2.24) is 0 Å². The van der Waals surface area contributed by atoms with Crippen LogP contribution in [0.2, 0.25) is 0 Å². The fraction of sp³-hybridized carbons (Fsp3) is 0.500. The molecule has 0 bridgehead atoms. The first-order valence-electron chi connectivity index (χ1n) is 3.78. The molecular weight excluding hydrogens is 336 g/mol. The first kappa shape index (κ1) is 22.9. The maximum Gasteiger partial charge on any atom is 5.00 e. The smallest absolute Gasteiger partial charge is 0.759 e. The van der Waals surface area contributed by atoms with Crippen molar-refractivity contribution in [2.75, 3.05) is 0 Å². The molecule has 0 unspecified atom stereocenters. The van der Waals surface area contributed by atoms with Crippen LogP contribution in [-0.2, 0) is 41.9 Å². The van der Waals surface area contributed by atoms with Gasteiger partial charge in [0.2, 0.25) is 0 Å². The summed E-state index contributed by atoms with van der Waals surface area (Å²) < 4.78 is 34.1. The van der Waals surface area contributed by atoms with E-state index < -0.39 is 46.7 Å². The van der Waals surface area contributed by atoms with Crippen LogP contribution in [0.25, 0.3) is 0 Å². The maximum atomic E-state index is 10.1. The second-order valence-corrected chi connectivity index (χ2v) is 3.64. The summed E-state index contributed by atoms with van der Waals surface area (Å²) in [6, 6.07) is 0. The van der Waals surface area contributed by atoms with Crippen molar-refractivity contribution in [1.29, 1.82) is 0 Å². The van der Waals surface area contributed by atoms with E-state index in [-0.39, 0.29) is 17.1 Å². The maximum absolute atomic E-state index is 10.1. The number of carbonyl (C=O) groups is 3. The summed E-state index contributed by atoms with van der Waals surface area (Å²) >= 11 is 0. The van der Waals surface area contributed by atoms with Crippen LogP contribution in [0.15, 0.2) is 0 Å². The van der Waals surface area contributed by atoms with Gasteiger partial charge in [0.25, 0.3) is 0 Å². The number of carbonyl (C=O) groups excluding carboxylic acids is 3. The van der Waals surface area contributed by atoms with Crippen molar-refractivity contribution in [3.63, 3.8) is 0 Å². The van der Waals surface area contributed by atoms with Gasteiger partial charge in [-0.05, 0) is 0 Å². The van der Waals surface area contributed by atoms with E-state index in [0.717, 1.165) is 0 Å². The average Bonchev–Trinajstić information content (AvgIpc) is 1.95. The summed E-state index contributed by atoms with van der Waals surface area (Å²) in [6.07, 6.45) is -2.72. The van der Waals surface area contributed by atoms with E-state index >= 15 is 0 Å². The van der Waals surface area contributed by atoms with Crippen molar-refractivity contribution in [2.24, 2.45) is 0 Å². The largest absolute Gasteiger partial charge is 5.00 e. The Kier molecular flexibility index (Phi) is 10.6. The number of hydrogen-bond donors (Lipinski definition) is 1. The van der Waals surface area contributed by atoms with Crippen molar-refractivity contribution < 1.29 is 69.4 Å². The molecule has 0 saturated heterocycles. The van der Waals surface area contributed by atoms with Crippen LogP contribution in [0.4, 0.5) is 0 Å². The molecule has 0 heterocycles. The van der Waals surface area contributed by atoms with Crippen molar-refractivity contribution in [3.05, 3.63) is 0 Å². The number of hydrogen-bond acceptors (Lipinski definition) is 11. The van der Waals surface area contributed by atoms with Crippen LogP contribution in [0, 0.1) is 0 Å². The Hall–Kier alpha value is -1.24. The first-order chi connectivity index (χ1) is 7.78. The summed E-state index contributed by atoms with van der Waals surface area (Å²) in [5, 5.41) is 38.9. The molecule has 0 spiro atoms. The molecule has 0 aliphatic rings. The molecule has 11 nitrogen and oxygen atoms in total. The molecule has 0 fully saturated rings. The van der Waals surface area contributed by atoms with Crippen LogP contribution in [0.1, 0.15) is 12.8 Å². The number of aliphatic carboxylic acids is 3. The average molecular weight is 341 g/mol. The van der Waals surface area contributed by atoms with Crippen molar-refractivity contribution >= 4 is 28.3 Å². The third-order valence-corrected chi connectivity index (χ3v) is 1.25. The Balaban J connectivity index is -0.000000366. The molecule has 109 valence electrons. The van der Waals surface area contributed by atoms with E-state index in [1.807, 2.05) is 0 Å². The van der Waals surface area contributed by atoms with Gasteiger partial charge in [-0.15, -0.1) is 0 Å². The second kappa shape index (κ2) is 8.79. The molecule has 0 rings (SSSR count). The number of carboxylic acids is 3. The molecule has 1 N–H and O–H groups in total. The zero-order chi connectivity index (χ0) is 15.1. The van der Waals surface area contributed by atoms with Crippen LogP contribution in [0.3, 0.4) is 0 Å². The van der Waals surface area contributed by atoms with Gasteiger partial charge in [0.1, 0.15) is 5.60 Å². The van der Waals surface area contributed by atoms with Gasteiger partial charge in [-0.2, -0.15) is 0 Å². The van der Waals surface area contributed by atoms with Crippen LogP contribution in [-0.4, -0.2) is 46.1 Å². The number of rotatable bonds is 5. The summed E-state index contributed by atoms with van der Waals surface area (Å²) in [4.78, 5) is 30.0. The minimum atomic E-state index is -5.17. The monoisotopic (exact) mass is 341 g/mol. The Morgan fingerprint density at radius 3 is 1.26 bits per heavy atom. The van der Waals surface area contributed by atoms with Gasteiger partial charge in [0.15, 0.2) is 0 Å². The van der Waals surface area contributed by atoms with Crippen LogP contribution >= 0.6 is 0 Å². The van der Waals surface area contributed by atoms with E-state index in [9.17, 15) is 29.7 Å². The number of aliphatic hydroxyl groups is 1. The van der Waals surface area contributed by atoms with Crippen molar-refractivity contribution in [2.45, 2.75) is 18.4 Å². The summed E-state index contributed by atoms with van der Waals surface area (Å²) in [7, 11) is -5.17. The molecule has 0 amide bonds. The van der Waals surface area contributed by atoms with Gasteiger partial charge in [0.05, 0.1) is 5.97 Å². The molecule has 0 aromatic heterocycles. The van der Waals surface area contributed by atoms with E-state index in [1.165, 1.54) is 0 Å². The predicted octanol–water partition coefficient (Wildman–Crippen LogP) is -6.59. The van der Waals surface area contributed by atoms with E-state index in [0.29, 0.717) is 0 Å². The topological polar surface area (TPSA) is 221 Å². The minimum absolute atomic E-state index is 0. The number of carboxylic acid groups (broad SMARTS) is 3. The van der Waals surface area contributed by atoms with E-state index in [4.69, 9.17) is 22.6 Å². The van der Waals surface area contributed by atoms with Gasteiger partial charge in [0, 0.05) is 35.2 Å². The van der Waals surface area contributed by atoms with Gasteiger partial charge in [-0.25, -0.2) is 0 Å². The van der Waals surface area contributed by atoms with E-state index in [1.54, 1.807) is 0 Å². The Labute approximate surface area is 116 Å². The Morgan fingerprint density at radius 1 is 0.947 bits per heavy atom. The molecule has 0 aliphatic carbocycles. The quantitative estimate of drug-likeness (QED) is 0.281. The standard InChI is InChI=1S/C6H8O7.Fe.H2O4S/c7-3(8)1-6(13,5(11)12)2-4(9)10;;1-5(2,3)4/h13H,1-2H2,(H,7,8)(H,9,10)(H,11,12);;(H2,1,2,3,4)/q;+5;/p-5. The zero-order valence-corrected chi connectivity index (χ0v) is 10.6. The Bertz CT molecular complexity index is 402. The molecule has 1 radical (unpaired) electrons. The van der Waals surface area contributed by atoms with Crippen LogP contribution in [0.5, 0.6) is 0 Å². The predicted molar refractivity (Wildman–Crippen MR) is 39.7 cm³/mol. The summed E-state index contributed by atoms with van der Waals surface area (Å²) in [5.41, 5.74) is -2.97. The fourth-order valence-corrected chi connectivity index (χ4v) is 0.684. The minimum Gasteiger partial charge on any atom is -0.759 e. The fourth-order valence-electron chi connectivity index (χ4n) is 0.684. The Morgan fingerprint density at radius 2 is 1.16 bits per heavy atom. The van der Waals surface area contributed by atoms with Crippen molar-refractivity contribution in [3.8, 4) is 0 Å². The molecule has 0 aromatic rings. The third-order valence-electron chi connectivity index (χ3n) is 1.25.